The first kappa shape index (κ1) is 12.3. The first-order chi connectivity index (χ1) is 8.15. The Bertz CT molecular complexity index is 393. The minimum Gasteiger partial charge on any atom is -0.346 e. The van der Waals surface area contributed by atoms with E-state index in [1.165, 1.54) is 5.56 Å². The van der Waals surface area contributed by atoms with Crippen LogP contribution in [0.4, 0.5) is 5.82 Å². The summed E-state index contributed by atoms with van der Waals surface area (Å²) >= 11 is 5.39. The van der Waals surface area contributed by atoms with E-state index in [-0.39, 0.29) is 0 Å². The van der Waals surface area contributed by atoms with Gasteiger partial charge in [-0.05, 0) is 43.8 Å². The van der Waals surface area contributed by atoms with Crippen molar-refractivity contribution in [3.05, 3.63) is 23.4 Å². The van der Waals surface area contributed by atoms with Crippen LogP contribution in [0, 0.1) is 13.8 Å². The fraction of sp³-hybridized carbons (Fsp3) is 0.500. The summed E-state index contributed by atoms with van der Waals surface area (Å²) in [4.78, 5) is 6.60. The number of rotatable bonds is 1. The normalized spacial score (nSPS) is 15.8. The van der Waals surface area contributed by atoms with E-state index in [0.717, 1.165) is 42.8 Å². The Morgan fingerprint density at radius 1 is 1.35 bits per heavy atom. The van der Waals surface area contributed by atoms with Gasteiger partial charge in [-0.2, -0.15) is 0 Å². The van der Waals surface area contributed by atoms with Crippen molar-refractivity contribution in [2.45, 2.75) is 13.8 Å². The van der Waals surface area contributed by atoms with Crippen molar-refractivity contribution in [3.8, 4) is 0 Å². The minimum atomic E-state index is 0.768. The predicted molar refractivity (Wildman–Crippen MR) is 74.4 cm³/mol. The molecule has 4 nitrogen and oxygen atoms in total. The number of thiocarbonyl (C=S) groups is 1. The highest BCUT2D eigenvalue weighted by Gasteiger charge is 2.13. The summed E-state index contributed by atoms with van der Waals surface area (Å²) in [5, 5.41) is 7.29. The van der Waals surface area contributed by atoms with Gasteiger partial charge in [0.1, 0.15) is 5.82 Å². The maximum atomic E-state index is 5.39. The second-order valence-corrected chi connectivity index (χ2v) is 4.73. The molecule has 1 aliphatic heterocycles. The number of aromatic nitrogens is 1. The summed E-state index contributed by atoms with van der Waals surface area (Å²) in [6.45, 7) is 7.94. The van der Waals surface area contributed by atoms with Crippen LogP contribution < -0.4 is 10.6 Å². The lowest BCUT2D eigenvalue weighted by atomic mass is 10.2. The first-order valence-corrected chi connectivity index (χ1v) is 6.28. The quantitative estimate of drug-likeness (QED) is 0.735. The van der Waals surface area contributed by atoms with Crippen molar-refractivity contribution < 1.29 is 0 Å². The van der Waals surface area contributed by atoms with Gasteiger partial charge in [0.2, 0.25) is 0 Å². The van der Waals surface area contributed by atoms with Gasteiger partial charge in [-0.25, -0.2) is 4.98 Å². The molecule has 1 saturated heterocycles. The lowest BCUT2D eigenvalue weighted by molar-refractivity contribution is 0.362. The van der Waals surface area contributed by atoms with Gasteiger partial charge in [-0.3, -0.25) is 0 Å². The van der Waals surface area contributed by atoms with E-state index in [1.54, 1.807) is 0 Å². The average Bonchev–Trinajstić information content (AvgIpc) is 2.28. The highest BCUT2D eigenvalue weighted by molar-refractivity contribution is 7.80. The van der Waals surface area contributed by atoms with Crippen molar-refractivity contribution in [1.29, 1.82) is 0 Å². The van der Waals surface area contributed by atoms with E-state index in [9.17, 15) is 0 Å². The second-order valence-electron chi connectivity index (χ2n) is 4.34. The largest absolute Gasteiger partial charge is 0.346 e. The fourth-order valence-corrected chi connectivity index (χ4v) is 2.25. The molecule has 0 unspecified atom stereocenters. The summed E-state index contributed by atoms with van der Waals surface area (Å²) in [5.74, 6) is 0.839. The number of anilines is 1. The maximum absolute atomic E-state index is 5.39. The molecular weight excluding hydrogens is 232 g/mol. The SMILES string of the molecule is Cc1cc(C)nc(NC(=S)N2CCNCC2)c1. The minimum absolute atomic E-state index is 0.768. The van der Waals surface area contributed by atoms with E-state index in [0.29, 0.717) is 0 Å². The van der Waals surface area contributed by atoms with E-state index in [1.807, 2.05) is 13.0 Å². The molecule has 1 aromatic rings. The number of piperazine rings is 1. The number of pyridine rings is 1. The van der Waals surface area contributed by atoms with Crippen molar-refractivity contribution >= 4 is 23.1 Å². The summed E-state index contributed by atoms with van der Waals surface area (Å²) in [7, 11) is 0. The van der Waals surface area contributed by atoms with Crippen molar-refractivity contribution in [3.63, 3.8) is 0 Å². The Kier molecular flexibility index (Phi) is 3.91. The van der Waals surface area contributed by atoms with Crippen LogP contribution >= 0.6 is 12.2 Å². The van der Waals surface area contributed by atoms with E-state index < -0.39 is 0 Å². The molecule has 5 heteroatoms. The van der Waals surface area contributed by atoms with Crippen LogP contribution in [0.15, 0.2) is 12.1 Å². The van der Waals surface area contributed by atoms with E-state index in [4.69, 9.17) is 12.2 Å². The molecule has 0 radical (unpaired) electrons. The second kappa shape index (κ2) is 5.42. The summed E-state index contributed by atoms with van der Waals surface area (Å²) in [6, 6.07) is 4.07. The molecule has 0 atom stereocenters. The predicted octanol–water partition coefficient (Wildman–Crippen LogP) is 1.30. The van der Waals surface area contributed by atoms with Crippen LogP contribution in [0.25, 0.3) is 0 Å². The number of nitrogens with one attached hydrogen (secondary N) is 2. The molecule has 17 heavy (non-hydrogen) atoms. The van der Waals surface area contributed by atoms with Crippen LogP contribution in [0.2, 0.25) is 0 Å². The van der Waals surface area contributed by atoms with Crippen LogP contribution in [-0.2, 0) is 0 Å². The summed E-state index contributed by atoms with van der Waals surface area (Å²) in [6.07, 6.45) is 0. The number of hydrogen-bond donors (Lipinski definition) is 2. The zero-order valence-corrected chi connectivity index (χ0v) is 11.1. The van der Waals surface area contributed by atoms with Crippen LogP contribution in [0.3, 0.4) is 0 Å². The number of nitrogens with zero attached hydrogens (tertiary/aromatic N) is 2. The Morgan fingerprint density at radius 3 is 2.71 bits per heavy atom. The van der Waals surface area contributed by atoms with Gasteiger partial charge >= 0.3 is 0 Å². The molecule has 92 valence electrons. The van der Waals surface area contributed by atoms with E-state index >= 15 is 0 Å². The fourth-order valence-electron chi connectivity index (χ4n) is 1.96. The maximum Gasteiger partial charge on any atom is 0.174 e. The van der Waals surface area contributed by atoms with Gasteiger partial charge in [-0.1, -0.05) is 0 Å². The monoisotopic (exact) mass is 250 g/mol. The standard InChI is InChI=1S/C12H18N4S/c1-9-7-10(2)14-11(8-9)15-12(17)16-5-3-13-4-6-16/h7-8,13H,3-6H2,1-2H3,(H,14,15,17). The molecule has 1 fully saturated rings. The summed E-state index contributed by atoms with van der Waals surface area (Å²) in [5.41, 5.74) is 2.21. The molecule has 0 bridgehead atoms. The lowest BCUT2D eigenvalue weighted by Crippen LogP contribution is -2.48. The summed E-state index contributed by atoms with van der Waals surface area (Å²) < 4.78 is 0. The Labute approximate surface area is 107 Å². The van der Waals surface area contributed by atoms with Gasteiger partial charge in [-0.15, -0.1) is 0 Å². The molecule has 2 N–H and O–H groups in total. The van der Waals surface area contributed by atoms with E-state index in [2.05, 4.69) is 33.5 Å². The Hall–Kier alpha value is -1.20. The molecule has 1 aromatic heterocycles. The average molecular weight is 250 g/mol. The molecule has 0 amide bonds. The van der Waals surface area contributed by atoms with Crippen LogP contribution in [-0.4, -0.2) is 41.2 Å². The van der Waals surface area contributed by atoms with Gasteiger partial charge in [0.25, 0.3) is 0 Å². The van der Waals surface area contributed by atoms with Crippen LogP contribution in [0.5, 0.6) is 0 Å². The van der Waals surface area contributed by atoms with Crippen molar-refractivity contribution in [1.82, 2.24) is 15.2 Å². The lowest BCUT2D eigenvalue weighted by Gasteiger charge is -2.29. The third kappa shape index (κ3) is 3.38. The number of aryl methyl sites for hydroxylation is 2. The molecule has 2 rings (SSSR count). The molecule has 1 aliphatic rings. The van der Waals surface area contributed by atoms with Crippen LogP contribution in [0.1, 0.15) is 11.3 Å². The van der Waals surface area contributed by atoms with Gasteiger partial charge in [0.15, 0.2) is 5.11 Å². The first-order valence-electron chi connectivity index (χ1n) is 5.87. The zero-order chi connectivity index (χ0) is 12.3. The molecule has 0 spiro atoms. The van der Waals surface area contributed by atoms with Crippen molar-refractivity contribution in [2.24, 2.45) is 0 Å². The Morgan fingerprint density at radius 2 is 2.06 bits per heavy atom. The third-order valence-electron chi connectivity index (χ3n) is 2.74. The molecule has 2 heterocycles. The molecule has 0 saturated carbocycles. The van der Waals surface area contributed by atoms with Gasteiger partial charge in [0, 0.05) is 31.9 Å². The molecule has 0 aromatic carbocycles. The highest BCUT2D eigenvalue weighted by atomic mass is 32.1. The smallest absolute Gasteiger partial charge is 0.174 e. The molecular formula is C12H18N4S. The van der Waals surface area contributed by atoms with Gasteiger partial charge in [0.05, 0.1) is 0 Å². The topological polar surface area (TPSA) is 40.2 Å². The Balaban J connectivity index is 2.01. The number of hydrogen-bond acceptors (Lipinski definition) is 3. The third-order valence-corrected chi connectivity index (χ3v) is 3.10. The molecule has 0 aliphatic carbocycles. The highest BCUT2D eigenvalue weighted by Crippen LogP contribution is 2.10. The zero-order valence-electron chi connectivity index (χ0n) is 10.3. The van der Waals surface area contributed by atoms with Gasteiger partial charge < -0.3 is 15.5 Å². The van der Waals surface area contributed by atoms with Crippen molar-refractivity contribution in [2.75, 3.05) is 31.5 Å².